The second-order valence-corrected chi connectivity index (χ2v) is 13.6. The topological polar surface area (TPSA) is 176 Å². The van der Waals surface area contributed by atoms with Crippen molar-refractivity contribution >= 4 is 40.1 Å². The number of nitrogens with zero attached hydrogens (tertiary/aromatic N) is 2. The van der Waals surface area contributed by atoms with Crippen LogP contribution >= 0.6 is 0 Å². The standard InChI is InChI=1S/C7H14N2O.2C2HF6NO4S2/c1-3-10-7-9-5-4-8(2)6-9;2*3-1(4,5)14(10,11)9-15(12,13)2(6,7)8/h4-5H,3,6-7H2,1-2H3;2*9H. The van der Waals surface area contributed by atoms with E-state index in [4.69, 9.17) is 4.74 Å². The first-order valence-electron chi connectivity index (χ1n) is 8.76. The van der Waals surface area contributed by atoms with Gasteiger partial charge in [0.2, 0.25) is 0 Å². The van der Waals surface area contributed by atoms with Gasteiger partial charge in [-0.05, 0) is 6.92 Å². The van der Waals surface area contributed by atoms with Crippen LogP contribution in [-0.2, 0) is 44.8 Å². The Morgan fingerprint density at radius 3 is 1.07 bits per heavy atom. The lowest BCUT2D eigenvalue weighted by Crippen LogP contribution is -2.45. The molecule has 0 spiro atoms. The summed E-state index contributed by atoms with van der Waals surface area (Å²) in [4.78, 5) is 4.22. The van der Waals surface area contributed by atoms with Crippen LogP contribution in [0.1, 0.15) is 6.92 Å². The molecule has 0 aromatic heterocycles. The first-order valence-corrected chi connectivity index (χ1v) is 14.7. The molecule has 1 aliphatic heterocycles. The molecule has 1 rings (SSSR count). The Labute approximate surface area is 217 Å². The average molecular weight is 705 g/mol. The molecule has 0 aromatic carbocycles. The highest BCUT2D eigenvalue weighted by molar-refractivity contribution is 8.06. The van der Waals surface area contributed by atoms with E-state index >= 15 is 0 Å². The third-order valence-electron chi connectivity index (χ3n) is 3.06. The predicted octanol–water partition coefficient (Wildman–Crippen LogP) is 1.21. The van der Waals surface area contributed by atoms with Gasteiger partial charge in [0.05, 0.1) is 6.67 Å². The molecular weight excluding hydrogens is 688 g/mol. The summed E-state index contributed by atoms with van der Waals surface area (Å²) in [7, 11) is -24.3. The molecule has 29 heteroatoms. The van der Waals surface area contributed by atoms with Crippen LogP contribution in [0.2, 0.25) is 0 Å². The van der Waals surface area contributed by atoms with Crippen molar-refractivity contribution in [3.63, 3.8) is 0 Å². The number of hydrogen-bond donors (Lipinski definition) is 2. The van der Waals surface area contributed by atoms with Gasteiger partial charge < -0.3 is 14.5 Å². The molecule has 0 aliphatic carbocycles. The van der Waals surface area contributed by atoms with E-state index in [2.05, 4.69) is 9.80 Å². The van der Waals surface area contributed by atoms with Gasteiger partial charge in [0, 0.05) is 26.1 Å². The molecule has 13 nitrogen and oxygen atoms in total. The lowest BCUT2D eigenvalue weighted by Gasteiger charge is -2.17. The zero-order valence-electron chi connectivity index (χ0n) is 19.0. The molecule has 40 heavy (non-hydrogen) atoms. The summed E-state index contributed by atoms with van der Waals surface area (Å²) in [6.07, 6.45) is 4.08. The van der Waals surface area contributed by atoms with Gasteiger partial charge in [-0.3, -0.25) is 0 Å². The molecule has 0 saturated carbocycles. The number of nitrogens with one attached hydrogen (secondary N) is 2. The molecule has 1 aliphatic rings. The van der Waals surface area contributed by atoms with Gasteiger partial charge in [0.1, 0.15) is 6.73 Å². The molecule has 0 radical (unpaired) electrons. The quantitative estimate of drug-likeness (QED) is 0.365. The Kier molecular flexibility index (Phi) is 13.5. The molecule has 0 aromatic rings. The minimum absolute atomic E-state index is 0.493. The Morgan fingerprint density at radius 1 is 0.625 bits per heavy atom. The van der Waals surface area contributed by atoms with Gasteiger partial charge in [-0.25, -0.2) is 33.7 Å². The van der Waals surface area contributed by atoms with E-state index in [0.717, 1.165) is 13.3 Å². The molecular formula is C11H16F12N4O9S4. The van der Waals surface area contributed by atoms with E-state index in [1.165, 1.54) is 0 Å². The molecule has 0 fully saturated rings. The highest BCUT2D eigenvalue weighted by atomic mass is 32.3. The van der Waals surface area contributed by atoms with Gasteiger partial charge in [-0.15, -0.1) is 0 Å². The molecule has 0 atom stereocenters. The highest BCUT2D eigenvalue weighted by Gasteiger charge is 2.56. The lowest BCUT2D eigenvalue weighted by atomic mass is 10.8. The van der Waals surface area contributed by atoms with Crippen LogP contribution in [0.4, 0.5) is 52.7 Å². The van der Waals surface area contributed by atoms with Crippen LogP contribution in [0.15, 0.2) is 12.4 Å². The summed E-state index contributed by atoms with van der Waals surface area (Å²) in [6, 6.07) is 0. The van der Waals surface area contributed by atoms with Crippen molar-refractivity contribution in [2.45, 2.75) is 29.0 Å². The van der Waals surface area contributed by atoms with Crippen molar-refractivity contribution in [1.29, 1.82) is 0 Å². The monoisotopic (exact) mass is 704 g/mol. The fourth-order valence-electron chi connectivity index (χ4n) is 1.36. The largest absolute Gasteiger partial charge is 0.512 e. The van der Waals surface area contributed by atoms with Crippen LogP contribution in [0.5, 0.6) is 0 Å². The van der Waals surface area contributed by atoms with E-state index in [0.29, 0.717) is 6.73 Å². The van der Waals surface area contributed by atoms with Crippen molar-refractivity contribution < 1.29 is 91.1 Å². The predicted molar refractivity (Wildman–Crippen MR) is 106 cm³/mol. The Balaban J connectivity index is 0. The molecule has 2 N–H and O–H groups in total. The van der Waals surface area contributed by atoms with Crippen LogP contribution in [0, 0.1) is 0 Å². The van der Waals surface area contributed by atoms with Crippen LogP contribution in [0.25, 0.3) is 0 Å². The Bertz CT molecular complexity index is 1120. The minimum Gasteiger partial charge on any atom is -0.362 e. The second-order valence-electron chi connectivity index (χ2n) is 6.37. The third-order valence-corrected chi connectivity index (χ3v) is 9.00. The van der Waals surface area contributed by atoms with E-state index < -0.39 is 70.4 Å². The smallest absolute Gasteiger partial charge is 0.362 e. The summed E-state index contributed by atoms with van der Waals surface area (Å²) < 4.78 is 222. The summed E-state index contributed by atoms with van der Waals surface area (Å²) in [6.45, 7) is 4.44. The van der Waals surface area contributed by atoms with Crippen molar-refractivity contribution in [3.05, 3.63) is 12.4 Å². The van der Waals surface area contributed by atoms with Crippen LogP contribution in [0.3, 0.4) is 0 Å². The van der Waals surface area contributed by atoms with E-state index in [1.807, 2.05) is 26.4 Å². The van der Waals surface area contributed by atoms with Crippen molar-refractivity contribution in [1.82, 2.24) is 18.1 Å². The third kappa shape index (κ3) is 12.8. The summed E-state index contributed by atoms with van der Waals surface area (Å²) in [5.74, 6) is 0. The normalized spacial score (nSPS) is 15.8. The first kappa shape index (κ1) is 40.3. The summed E-state index contributed by atoms with van der Waals surface area (Å²) in [5, 5.41) is 0. The first-order chi connectivity index (χ1) is 17.2. The maximum absolute atomic E-state index is 11.5. The van der Waals surface area contributed by atoms with Crippen LogP contribution in [-0.4, -0.2) is 92.6 Å². The van der Waals surface area contributed by atoms with Gasteiger partial charge in [0.15, 0.2) is 0 Å². The fourth-order valence-corrected chi connectivity index (χ4v) is 5.18. The van der Waals surface area contributed by atoms with Gasteiger partial charge in [0.25, 0.3) is 0 Å². The summed E-state index contributed by atoms with van der Waals surface area (Å²) in [5.41, 5.74) is -24.6. The van der Waals surface area contributed by atoms with Crippen molar-refractivity contribution in [2.75, 3.05) is 27.1 Å². The minimum atomic E-state index is -6.60. The molecule has 1 heterocycles. The molecule has 0 unspecified atom stereocenters. The van der Waals surface area contributed by atoms with Gasteiger partial charge in [-0.1, -0.05) is 8.25 Å². The number of rotatable bonds is 7. The number of alkyl halides is 12. The van der Waals surface area contributed by atoms with E-state index in [1.54, 1.807) is 0 Å². The van der Waals surface area contributed by atoms with E-state index in [-0.39, 0.29) is 0 Å². The van der Waals surface area contributed by atoms with Crippen LogP contribution < -0.4 is 8.25 Å². The molecule has 0 saturated heterocycles. The number of hydrogen-bond acceptors (Lipinski definition) is 11. The molecule has 0 bridgehead atoms. The number of halogens is 12. The fraction of sp³-hybridized carbons (Fsp3) is 0.818. The zero-order chi connectivity index (χ0) is 32.8. The number of sulfonamides is 4. The highest BCUT2D eigenvalue weighted by Crippen LogP contribution is 2.28. The molecule has 242 valence electrons. The zero-order valence-corrected chi connectivity index (χ0v) is 22.3. The summed E-state index contributed by atoms with van der Waals surface area (Å²) >= 11 is 0. The Hall–Kier alpha value is -1.82. The maximum atomic E-state index is 11.5. The Morgan fingerprint density at radius 2 is 0.900 bits per heavy atom. The SMILES string of the molecule is CCOCN1C=CN(C)C1.O=S(=O)(NS(=O)(=O)C(F)(F)F)C(F)(F)F.O=S(=O)(NS(=O)(=O)C(F)(F)F)C(F)(F)F. The van der Waals surface area contributed by atoms with Gasteiger partial charge in [-0.2, -0.15) is 52.7 Å². The van der Waals surface area contributed by atoms with Crippen molar-refractivity contribution in [2.24, 2.45) is 0 Å². The maximum Gasteiger partial charge on any atom is 0.512 e. The van der Waals surface area contributed by atoms with Gasteiger partial charge >= 0.3 is 62.1 Å². The second kappa shape index (κ2) is 13.4. The lowest BCUT2D eigenvalue weighted by molar-refractivity contribution is -0.0487. The number of ether oxygens (including phenoxy) is 1. The molecule has 0 amide bonds. The van der Waals surface area contributed by atoms with Crippen molar-refractivity contribution in [3.8, 4) is 0 Å². The van der Waals surface area contributed by atoms with E-state index in [9.17, 15) is 86.4 Å². The average Bonchev–Trinajstić information content (AvgIpc) is 3.07.